The van der Waals surface area contributed by atoms with Crippen LogP contribution in [0.3, 0.4) is 0 Å². The lowest BCUT2D eigenvalue weighted by Crippen LogP contribution is -2.36. The van der Waals surface area contributed by atoms with Gasteiger partial charge in [-0.05, 0) is 84.6 Å². The van der Waals surface area contributed by atoms with Crippen LogP contribution >= 0.6 is 23.4 Å². The molecule has 3 amide bonds. The third kappa shape index (κ3) is 6.76. The normalized spacial score (nSPS) is 14.0. The fraction of sp³-hybridized carbons (Fsp3) is 0.194. The summed E-state index contributed by atoms with van der Waals surface area (Å²) in [6.07, 6.45) is 3.86. The van der Waals surface area contributed by atoms with E-state index in [9.17, 15) is 14.4 Å². The molecule has 4 rings (SSSR count). The van der Waals surface area contributed by atoms with E-state index in [2.05, 4.69) is 11.9 Å². The predicted octanol–water partition coefficient (Wildman–Crippen LogP) is 6.95. The molecular formula is C31H29ClN2O5S. The Bertz CT molecular complexity index is 1480. The van der Waals surface area contributed by atoms with E-state index in [-0.39, 0.29) is 11.4 Å². The number of amides is 3. The summed E-state index contributed by atoms with van der Waals surface area (Å²) >= 11 is 6.77. The highest BCUT2D eigenvalue weighted by atomic mass is 35.5. The molecule has 1 fully saturated rings. The van der Waals surface area contributed by atoms with Gasteiger partial charge in [-0.25, -0.2) is 0 Å². The smallest absolute Gasteiger partial charge is 0.294 e. The van der Waals surface area contributed by atoms with E-state index in [0.717, 1.165) is 38.9 Å². The highest BCUT2D eigenvalue weighted by Gasteiger charge is 2.36. The van der Waals surface area contributed by atoms with E-state index in [1.54, 1.807) is 30.4 Å². The van der Waals surface area contributed by atoms with Crippen LogP contribution < -0.4 is 14.8 Å². The second-order valence-corrected chi connectivity index (χ2v) is 10.6. The molecule has 0 saturated carbocycles. The van der Waals surface area contributed by atoms with Crippen LogP contribution in [0.15, 0.2) is 72.2 Å². The third-order valence-corrected chi connectivity index (χ3v) is 7.41. The summed E-state index contributed by atoms with van der Waals surface area (Å²) in [4.78, 5) is 39.7. The van der Waals surface area contributed by atoms with Gasteiger partial charge in [0.2, 0.25) is 5.91 Å². The molecular weight excluding hydrogens is 548 g/mol. The lowest BCUT2D eigenvalue weighted by molar-refractivity contribution is -0.127. The zero-order chi connectivity index (χ0) is 28.8. The Balaban J connectivity index is 1.53. The molecule has 1 aliphatic heterocycles. The summed E-state index contributed by atoms with van der Waals surface area (Å²) in [6.45, 7) is 7.54. The number of hydrogen-bond donors (Lipinski definition) is 1. The Hall–Kier alpha value is -4.01. The monoisotopic (exact) mass is 576 g/mol. The van der Waals surface area contributed by atoms with E-state index >= 15 is 0 Å². The van der Waals surface area contributed by atoms with Crippen molar-refractivity contribution >= 4 is 52.2 Å². The maximum absolute atomic E-state index is 13.1. The molecule has 1 N–H and O–H groups in total. The molecule has 0 atom stereocenters. The number of para-hydroxylation sites is 1. The lowest BCUT2D eigenvalue weighted by atomic mass is 10.0. The maximum Gasteiger partial charge on any atom is 0.294 e. The Morgan fingerprint density at radius 1 is 1.10 bits per heavy atom. The molecule has 3 aromatic carbocycles. The van der Waals surface area contributed by atoms with Gasteiger partial charge in [-0.2, -0.15) is 0 Å². The Labute approximate surface area is 242 Å². The molecule has 3 aromatic rings. The first-order valence-corrected chi connectivity index (χ1v) is 13.7. The van der Waals surface area contributed by atoms with Crippen LogP contribution in [0.4, 0.5) is 10.5 Å². The van der Waals surface area contributed by atoms with Gasteiger partial charge in [-0.3, -0.25) is 19.3 Å². The minimum atomic E-state index is -0.529. The number of benzene rings is 3. The lowest BCUT2D eigenvalue weighted by Gasteiger charge is -2.16. The number of thioether (sulfide) groups is 1. The molecule has 1 saturated heterocycles. The average Bonchev–Trinajstić information content (AvgIpc) is 3.18. The third-order valence-electron chi connectivity index (χ3n) is 6.25. The number of methoxy groups -OCH3 is 1. The number of allylic oxidation sites excluding steroid dienone is 1. The van der Waals surface area contributed by atoms with Gasteiger partial charge >= 0.3 is 0 Å². The predicted molar refractivity (Wildman–Crippen MR) is 160 cm³/mol. The molecule has 40 heavy (non-hydrogen) atoms. The quantitative estimate of drug-likeness (QED) is 0.208. The van der Waals surface area contributed by atoms with Crippen molar-refractivity contribution in [2.75, 3.05) is 19.0 Å². The van der Waals surface area contributed by atoms with Crippen LogP contribution in [-0.4, -0.2) is 35.6 Å². The second kappa shape index (κ2) is 12.9. The number of nitrogens with zero attached hydrogens (tertiary/aromatic N) is 1. The summed E-state index contributed by atoms with van der Waals surface area (Å²) in [7, 11) is 1.54. The molecule has 0 radical (unpaired) electrons. The Morgan fingerprint density at radius 2 is 1.80 bits per heavy atom. The number of nitrogens with one attached hydrogen (secondary N) is 1. The van der Waals surface area contributed by atoms with Crippen LogP contribution in [0.2, 0.25) is 5.02 Å². The van der Waals surface area contributed by atoms with Crippen LogP contribution in [0.1, 0.15) is 27.8 Å². The van der Waals surface area contributed by atoms with Crippen LogP contribution in [0, 0.1) is 13.8 Å². The number of carbonyl (C=O) groups is 3. The van der Waals surface area contributed by atoms with Crippen molar-refractivity contribution in [2.45, 2.75) is 26.9 Å². The first-order valence-electron chi connectivity index (χ1n) is 12.5. The number of imide groups is 1. The molecule has 206 valence electrons. The van der Waals surface area contributed by atoms with Gasteiger partial charge in [0.15, 0.2) is 11.5 Å². The standard InChI is InChI=1S/C31H29ClN2O5S/c1-5-7-23-14-22(15-25(38-4)29(23)39-18-21-10-12-24(32)13-11-21)16-26-30(36)34(31(37)40-26)17-27(35)33-28-19(2)8-6-9-20(28)3/h5-6,8-16H,1,7,17-18H2,2-4H3,(H,33,35)/b26-16-. The van der Waals surface area contributed by atoms with Gasteiger partial charge in [0.1, 0.15) is 13.2 Å². The van der Waals surface area contributed by atoms with Crippen LogP contribution in [0.5, 0.6) is 11.5 Å². The van der Waals surface area contributed by atoms with Gasteiger partial charge < -0.3 is 14.8 Å². The zero-order valence-electron chi connectivity index (χ0n) is 22.5. The van der Waals surface area contributed by atoms with E-state index in [4.69, 9.17) is 21.1 Å². The number of ether oxygens (including phenoxy) is 2. The molecule has 1 aliphatic rings. The highest BCUT2D eigenvalue weighted by Crippen LogP contribution is 2.37. The summed E-state index contributed by atoms with van der Waals surface area (Å²) < 4.78 is 11.7. The van der Waals surface area contributed by atoms with E-state index in [1.807, 2.05) is 50.2 Å². The minimum Gasteiger partial charge on any atom is -0.493 e. The first kappa shape index (κ1) is 29.0. The molecule has 7 nitrogen and oxygen atoms in total. The van der Waals surface area contributed by atoms with Crippen molar-refractivity contribution in [1.29, 1.82) is 0 Å². The molecule has 0 unspecified atom stereocenters. The van der Waals surface area contributed by atoms with Crippen molar-refractivity contribution < 1.29 is 23.9 Å². The Morgan fingerprint density at radius 3 is 2.45 bits per heavy atom. The highest BCUT2D eigenvalue weighted by molar-refractivity contribution is 8.18. The van der Waals surface area contributed by atoms with E-state index in [1.165, 1.54) is 7.11 Å². The second-order valence-electron chi connectivity index (χ2n) is 9.20. The largest absolute Gasteiger partial charge is 0.493 e. The van der Waals surface area contributed by atoms with E-state index in [0.29, 0.717) is 40.8 Å². The number of rotatable bonds is 10. The van der Waals surface area contributed by atoms with Gasteiger partial charge in [0.25, 0.3) is 11.1 Å². The number of anilines is 1. The SMILES string of the molecule is C=CCc1cc(/C=C2\SC(=O)N(CC(=O)Nc3c(C)cccc3C)C2=O)cc(OC)c1OCc1ccc(Cl)cc1. The zero-order valence-corrected chi connectivity index (χ0v) is 24.0. The van der Waals surface area contributed by atoms with Gasteiger partial charge in [-0.15, -0.1) is 6.58 Å². The molecule has 9 heteroatoms. The number of halogens is 1. The molecule has 0 spiro atoms. The first-order chi connectivity index (χ1) is 19.2. The van der Waals surface area contributed by atoms with Crippen molar-refractivity contribution in [3.63, 3.8) is 0 Å². The topological polar surface area (TPSA) is 84.9 Å². The van der Waals surface area contributed by atoms with Gasteiger partial charge in [0, 0.05) is 16.3 Å². The van der Waals surface area contributed by atoms with Crippen LogP contribution in [0.25, 0.3) is 6.08 Å². The summed E-state index contributed by atoms with van der Waals surface area (Å²) in [5.74, 6) is 0.0644. The fourth-order valence-electron chi connectivity index (χ4n) is 4.25. The molecule has 0 bridgehead atoms. The van der Waals surface area contributed by atoms with Crippen molar-refractivity contribution in [3.8, 4) is 11.5 Å². The minimum absolute atomic E-state index is 0.214. The fourth-order valence-corrected chi connectivity index (χ4v) is 5.21. The number of hydrogen-bond acceptors (Lipinski definition) is 6. The number of carbonyl (C=O) groups excluding carboxylic acids is 3. The maximum atomic E-state index is 13.1. The van der Waals surface area contributed by atoms with Crippen molar-refractivity contribution in [1.82, 2.24) is 4.90 Å². The molecule has 0 aromatic heterocycles. The van der Waals surface area contributed by atoms with E-state index < -0.39 is 17.1 Å². The summed E-state index contributed by atoms with van der Waals surface area (Å²) in [5, 5.41) is 2.96. The Kier molecular flexibility index (Phi) is 9.34. The average molecular weight is 577 g/mol. The van der Waals surface area contributed by atoms with Gasteiger partial charge in [0.05, 0.1) is 12.0 Å². The van der Waals surface area contributed by atoms with Crippen molar-refractivity contribution in [3.05, 3.63) is 105 Å². The van der Waals surface area contributed by atoms with Gasteiger partial charge in [-0.1, -0.05) is 48.0 Å². The molecule has 1 heterocycles. The number of aryl methyl sites for hydroxylation is 2. The molecule has 0 aliphatic carbocycles. The van der Waals surface area contributed by atoms with Crippen molar-refractivity contribution in [2.24, 2.45) is 0 Å². The summed E-state index contributed by atoms with van der Waals surface area (Å²) in [5.41, 5.74) is 4.87. The van der Waals surface area contributed by atoms with Crippen LogP contribution in [-0.2, 0) is 22.6 Å². The summed E-state index contributed by atoms with van der Waals surface area (Å²) in [6, 6.07) is 16.6.